The van der Waals surface area contributed by atoms with E-state index in [-0.39, 0.29) is 6.03 Å². The highest BCUT2D eigenvalue weighted by atomic mass is 16.2. The second-order valence-electron chi connectivity index (χ2n) is 7.41. The number of carbonyl (C=O) groups excluding carboxylic acids is 1. The van der Waals surface area contributed by atoms with E-state index < -0.39 is 0 Å². The molecule has 3 aromatic rings. The molecule has 3 N–H and O–H groups in total. The first kappa shape index (κ1) is 16.1. The van der Waals surface area contributed by atoms with Crippen molar-refractivity contribution in [2.24, 2.45) is 0 Å². The Morgan fingerprint density at radius 3 is 2.78 bits per heavy atom. The molecule has 2 aliphatic carbocycles. The van der Waals surface area contributed by atoms with Gasteiger partial charge >= 0.3 is 6.03 Å². The summed E-state index contributed by atoms with van der Waals surface area (Å²) in [6, 6.07) is 19.0. The summed E-state index contributed by atoms with van der Waals surface area (Å²) < 4.78 is 0. The molecule has 0 bridgehead atoms. The van der Waals surface area contributed by atoms with Crippen LogP contribution in [0, 0.1) is 0 Å². The maximum absolute atomic E-state index is 11.9. The molecule has 5 nitrogen and oxygen atoms in total. The van der Waals surface area contributed by atoms with E-state index in [9.17, 15) is 4.79 Å². The summed E-state index contributed by atoms with van der Waals surface area (Å²) in [4.78, 5) is 16.7. The summed E-state index contributed by atoms with van der Waals surface area (Å²) in [5.41, 5.74) is 4.50. The van der Waals surface area contributed by atoms with Crippen LogP contribution < -0.4 is 16.0 Å². The van der Waals surface area contributed by atoms with Crippen LogP contribution in [-0.4, -0.2) is 17.1 Å². The number of anilines is 2. The Morgan fingerprint density at radius 1 is 1.00 bits per heavy atom. The molecule has 1 fully saturated rings. The average molecular weight is 358 g/mol. The van der Waals surface area contributed by atoms with Gasteiger partial charge in [-0.05, 0) is 67.1 Å². The van der Waals surface area contributed by atoms with Gasteiger partial charge in [-0.3, -0.25) is 0 Å². The van der Waals surface area contributed by atoms with Gasteiger partial charge in [0, 0.05) is 17.1 Å². The summed E-state index contributed by atoms with van der Waals surface area (Å²) in [7, 11) is 0. The summed E-state index contributed by atoms with van der Waals surface area (Å²) in [5, 5.41) is 10.4. The third-order valence-corrected chi connectivity index (χ3v) is 5.31. The number of amides is 2. The van der Waals surface area contributed by atoms with Gasteiger partial charge in [-0.1, -0.05) is 24.3 Å². The molecular weight excluding hydrogens is 336 g/mol. The Balaban J connectivity index is 1.32. The molecule has 27 heavy (non-hydrogen) atoms. The average Bonchev–Trinajstić information content (AvgIpc) is 3.40. The summed E-state index contributed by atoms with van der Waals surface area (Å²) in [6.07, 6.45) is 4.37. The molecule has 5 heteroatoms. The van der Waals surface area contributed by atoms with E-state index in [4.69, 9.17) is 4.98 Å². The molecule has 0 radical (unpaired) electrons. The molecule has 1 aromatic heterocycles. The van der Waals surface area contributed by atoms with Gasteiger partial charge in [-0.15, -0.1) is 0 Å². The predicted octanol–water partition coefficient (Wildman–Crippen LogP) is 4.62. The van der Waals surface area contributed by atoms with Gasteiger partial charge in [0.15, 0.2) is 0 Å². The highest BCUT2D eigenvalue weighted by molar-refractivity contribution is 5.93. The van der Waals surface area contributed by atoms with Crippen LogP contribution in [0.5, 0.6) is 0 Å². The lowest BCUT2D eigenvalue weighted by Gasteiger charge is -2.15. The van der Waals surface area contributed by atoms with E-state index in [0.29, 0.717) is 12.1 Å². The van der Waals surface area contributed by atoms with E-state index in [1.165, 1.54) is 11.1 Å². The Morgan fingerprint density at radius 2 is 1.89 bits per heavy atom. The van der Waals surface area contributed by atoms with Gasteiger partial charge < -0.3 is 16.0 Å². The number of benzene rings is 2. The minimum Gasteiger partial charge on any atom is -0.363 e. The number of aromatic nitrogens is 1. The second kappa shape index (κ2) is 6.58. The fourth-order valence-corrected chi connectivity index (χ4v) is 3.75. The molecule has 2 aliphatic rings. The Labute approximate surface area is 158 Å². The Bertz CT molecular complexity index is 1010. The lowest BCUT2D eigenvalue weighted by molar-refractivity contribution is 0.251. The quantitative estimate of drug-likeness (QED) is 0.638. The van der Waals surface area contributed by atoms with E-state index in [2.05, 4.69) is 46.3 Å². The van der Waals surface area contributed by atoms with Gasteiger partial charge in [0.25, 0.3) is 0 Å². The molecule has 0 spiro atoms. The zero-order valence-electron chi connectivity index (χ0n) is 15.0. The lowest BCUT2D eigenvalue weighted by atomic mass is 10.1. The smallest absolute Gasteiger partial charge is 0.319 e. The first-order chi connectivity index (χ1) is 13.2. The highest BCUT2D eigenvalue weighted by Gasteiger charge is 2.23. The number of nitrogens with zero attached hydrogens (tertiary/aromatic N) is 1. The van der Waals surface area contributed by atoms with Crippen LogP contribution in [0.4, 0.5) is 16.3 Å². The van der Waals surface area contributed by atoms with Crippen LogP contribution in [0.1, 0.15) is 36.4 Å². The minimum atomic E-state index is -0.136. The van der Waals surface area contributed by atoms with Crippen molar-refractivity contribution in [3.8, 4) is 0 Å². The lowest BCUT2D eigenvalue weighted by Crippen LogP contribution is -2.30. The Kier molecular flexibility index (Phi) is 3.93. The van der Waals surface area contributed by atoms with Gasteiger partial charge in [0.1, 0.15) is 5.82 Å². The van der Waals surface area contributed by atoms with Crippen molar-refractivity contribution in [3.05, 3.63) is 65.7 Å². The first-order valence-corrected chi connectivity index (χ1v) is 9.57. The van der Waals surface area contributed by atoms with Gasteiger partial charge in [0.2, 0.25) is 0 Å². The number of rotatable bonds is 4. The van der Waals surface area contributed by atoms with Crippen molar-refractivity contribution in [1.29, 1.82) is 0 Å². The minimum absolute atomic E-state index is 0.136. The monoisotopic (exact) mass is 358 g/mol. The van der Waals surface area contributed by atoms with Crippen LogP contribution in [0.3, 0.4) is 0 Å². The number of fused-ring (bicyclic) bond motifs is 2. The molecule has 0 saturated heterocycles. The third-order valence-electron chi connectivity index (χ3n) is 5.31. The summed E-state index contributed by atoms with van der Waals surface area (Å²) in [6.45, 7) is 0. The molecule has 0 aliphatic heterocycles. The predicted molar refractivity (Wildman–Crippen MR) is 108 cm³/mol. The fraction of sp³-hybridized carbons (Fsp3) is 0.273. The molecule has 136 valence electrons. The standard InChI is InChI=1S/C22H22N4O/c27-22(23-16-7-8-16)24-17-9-11-19-15(13-17)6-12-21(25-19)26-20-10-5-14-3-1-2-4-18(14)20/h1-4,6,9,11-13,16,20H,5,7-8,10H2,(H,25,26)(H2,23,24,27). The first-order valence-electron chi connectivity index (χ1n) is 9.57. The SMILES string of the molecule is O=C(Nc1ccc2nc(NC3CCc4ccccc43)ccc2c1)NC1CC1. The van der Waals surface area contributed by atoms with Crippen LogP contribution in [0.25, 0.3) is 10.9 Å². The Hall–Kier alpha value is -3.08. The highest BCUT2D eigenvalue weighted by Crippen LogP contribution is 2.33. The molecular formula is C22H22N4O. The maximum atomic E-state index is 11.9. The number of hydrogen-bond donors (Lipinski definition) is 3. The van der Waals surface area contributed by atoms with Crippen molar-refractivity contribution < 1.29 is 4.79 Å². The zero-order chi connectivity index (χ0) is 18.2. The maximum Gasteiger partial charge on any atom is 0.319 e. The molecule has 5 rings (SSSR count). The van der Waals surface area contributed by atoms with Gasteiger partial charge in [-0.2, -0.15) is 0 Å². The number of nitrogens with one attached hydrogen (secondary N) is 3. The van der Waals surface area contributed by atoms with Crippen molar-refractivity contribution in [2.75, 3.05) is 10.6 Å². The number of pyridine rings is 1. The fourth-order valence-electron chi connectivity index (χ4n) is 3.75. The number of aryl methyl sites for hydroxylation is 1. The van der Waals surface area contributed by atoms with Crippen LogP contribution in [-0.2, 0) is 6.42 Å². The van der Waals surface area contributed by atoms with Crippen LogP contribution in [0.2, 0.25) is 0 Å². The van der Waals surface area contributed by atoms with E-state index in [0.717, 1.165) is 48.1 Å². The van der Waals surface area contributed by atoms with Crippen molar-refractivity contribution in [1.82, 2.24) is 10.3 Å². The van der Waals surface area contributed by atoms with E-state index >= 15 is 0 Å². The number of urea groups is 1. The molecule has 1 atom stereocenters. The number of carbonyl (C=O) groups is 1. The summed E-state index contributed by atoms with van der Waals surface area (Å²) in [5.74, 6) is 0.886. The van der Waals surface area contributed by atoms with E-state index in [1.807, 2.05) is 24.3 Å². The molecule has 1 unspecified atom stereocenters. The molecule has 2 amide bonds. The van der Waals surface area contributed by atoms with Crippen molar-refractivity contribution >= 4 is 28.4 Å². The van der Waals surface area contributed by atoms with Gasteiger partial charge in [-0.25, -0.2) is 9.78 Å². The number of hydrogen-bond acceptors (Lipinski definition) is 3. The zero-order valence-corrected chi connectivity index (χ0v) is 15.0. The van der Waals surface area contributed by atoms with Gasteiger partial charge in [0.05, 0.1) is 11.6 Å². The van der Waals surface area contributed by atoms with E-state index in [1.54, 1.807) is 0 Å². The largest absolute Gasteiger partial charge is 0.363 e. The van der Waals surface area contributed by atoms with Crippen molar-refractivity contribution in [2.45, 2.75) is 37.8 Å². The second-order valence-corrected chi connectivity index (χ2v) is 7.41. The molecule has 2 aromatic carbocycles. The van der Waals surface area contributed by atoms with Crippen LogP contribution >= 0.6 is 0 Å². The topological polar surface area (TPSA) is 66.0 Å². The third kappa shape index (κ3) is 3.45. The molecule has 1 saturated carbocycles. The van der Waals surface area contributed by atoms with Crippen molar-refractivity contribution in [3.63, 3.8) is 0 Å². The molecule has 1 heterocycles. The van der Waals surface area contributed by atoms with Crippen LogP contribution in [0.15, 0.2) is 54.6 Å². The normalized spacial score (nSPS) is 18.1. The summed E-state index contributed by atoms with van der Waals surface area (Å²) >= 11 is 0.